The second kappa shape index (κ2) is 10.4. The fraction of sp³-hybridized carbons (Fsp3) is 0.364. The lowest BCUT2D eigenvalue weighted by Crippen LogP contribution is -2.26. The smallest absolute Gasteiger partial charge is 0.251 e. The van der Waals surface area contributed by atoms with E-state index in [1.54, 1.807) is 18.3 Å². The maximum absolute atomic E-state index is 15.0. The van der Waals surface area contributed by atoms with E-state index in [2.05, 4.69) is 17.2 Å². The number of hydrogen-bond donors (Lipinski definition) is 2. The molecule has 6 nitrogen and oxygen atoms in total. The van der Waals surface area contributed by atoms with Crippen molar-refractivity contribution in [1.29, 1.82) is 0 Å². The van der Waals surface area contributed by atoms with Crippen LogP contribution in [-0.4, -0.2) is 38.8 Å². The largest absolute Gasteiger partial charge is 0.382 e. The lowest BCUT2D eigenvalue weighted by Gasteiger charge is -2.21. The second-order valence-corrected chi connectivity index (χ2v) is 11.5. The first-order valence-electron chi connectivity index (χ1n) is 14.4. The van der Waals surface area contributed by atoms with Crippen molar-refractivity contribution in [1.82, 2.24) is 19.9 Å². The summed E-state index contributed by atoms with van der Waals surface area (Å²) in [5, 5.41) is 11.5. The molecule has 1 amide bonds. The van der Waals surface area contributed by atoms with E-state index in [0.717, 1.165) is 59.4 Å². The molecule has 2 fully saturated rings. The van der Waals surface area contributed by atoms with Gasteiger partial charge < -0.3 is 10.6 Å². The van der Waals surface area contributed by atoms with E-state index in [1.807, 2.05) is 48.7 Å². The first-order chi connectivity index (χ1) is 19.7. The summed E-state index contributed by atoms with van der Waals surface area (Å²) in [6, 6.07) is 14.7. The van der Waals surface area contributed by atoms with Crippen molar-refractivity contribution in [2.45, 2.75) is 69.5 Å². The topological polar surface area (TPSA) is 71.3 Å². The summed E-state index contributed by atoms with van der Waals surface area (Å²) in [6.07, 6.45) is 7.52. The number of allylic oxidation sites excluding steroid dienone is 1. The zero-order valence-corrected chi connectivity index (χ0v) is 23.5. The Bertz CT molecular complexity index is 1640. The Labute approximate surface area is 238 Å². The Hall–Kier alpha value is -4.07. The highest BCUT2D eigenvalue weighted by Crippen LogP contribution is 2.53. The van der Waals surface area contributed by atoms with Gasteiger partial charge >= 0.3 is 0 Å². The van der Waals surface area contributed by atoms with E-state index in [1.165, 1.54) is 12.1 Å². The quantitative estimate of drug-likeness (QED) is 0.197. The summed E-state index contributed by atoms with van der Waals surface area (Å²) in [5.41, 5.74) is 4.37. The lowest BCUT2D eigenvalue weighted by molar-refractivity contribution is 0.0950. The molecular formula is C33H35F2N5O. The number of halogens is 2. The molecule has 2 aromatic carbocycles. The number of nitrogens with zero attached hydrogens (tertiary/aromatic N) is 3. The molecule has 0 bridgehead atoms. The van der Waals surface area contributed by atoms with Crippen LogP contribution in [0.15, 0.2) is 67.4 Å². The van der Waals surface area contributed by atoms with Crippen LogP contribution in [-0.2, 0) is 5.41 Å². The van der Waals surface area contributed by atoms with Gasteiger partial charge in [-0.1, -0.05) is 37.8 Å². The Morgan fingerprint density at radius 1 is 1.22 bits per heavy atom. The van der Waals surface area contributed by atoms with E-state index >= 15 is 0 Å². The monoisotopic (exact) mass is 555 g/mol. The molecule has 6 rings (SSSR count). The Kier molecular flexibility index (Phi) is 6.88. The highest BCUT2D eigenvalue weighted by molar-refractivity contribution is 5.96. The summed E-state index contributed by atoms with van der Waals surface area (Å²) in [4.78, 5) is 17.4. The van der Waals surface area contributed by atoms with Crippen molar-refractivity contribution >= 4 is 17.2 Å². The van der Waals surface area contributed by atoms with Crippen LogP contribution >= 0.6 is 0 Å². The van der Waals surface area contributed by atoms with Gasteiger partial charge in [-0.15, -0.1) is 0 Å². The molecule has 2 saturated carbocycles. The summed E-state index contributed by atoms with van der Waals surface area (Å²) in [7, 11) is 0. The molecule has 41 heavy (non-hydrogen) atoms. The van der Waals surface area contributed by atoms with Gasteiger partial charge in [0, 0.05) is 35.5 Å². The molecule has 0 radical (unpaired) electrons. The molecule has 2 aliphatic carbocycles. The van der Waals surface area contributed by atoms with Crippen molar-refractivity contribution in [2.24, 2.45) is 0 Å². The van der Waals surface area contributed by atoms with Gasteiger partial charge in [0.2, 0.25) is 0 Å². The number of carbonyl (C=O) groups excluding carboxylic acids is 1. The number of amides is 1. The molecule has 1 atom stereocenters. The summed E-state index contributed by atoms with van der Waals surface area (Å²) in [5.74, 6) is -0.330. The van der Waals surface area contributed by atoms with Gasteiger partial charge in [-0.2, -0.15) is 5.10 Å². The van der Waals surface area contributed by atoms with Crippen molar-refractivity contribution in [3.05, 3.63) is 95.6 Å². The molecule has 2 N–H and O–H groups in total. The molecule has 2 aromatic heterocycles. The number of aryl methyl sites for hydroxylation is 1. The highest BCUT2D eigenvalue weighted by Gasteiger charge is 2.48. The zero-order chi connectivity index (χ0) is 28.8. The number of alkyl halides is 1. The molecular weight excluding hydrogens is 520 g/mol. The number of rotatable bonds is 11. The minimum atomic E-state index is -1.45. The number of benzene rings is 2. The summed E-state index contributed by atoms with van der Waals surface area (Å²) >= 11 is 0. The van der Waals surface area contributed by atoms with Crippen LogP contribution in [0.4, 0.5) is 14.5 Å². The van der Waals surface area contributed by atoms with Crippen LogP contribution in [0.3, 0.4) is 0 Å². The standard InChI is InChI=1S/C33H35F2N5O/c1-4-32(35,5-2)15-16-36-27-19-29(33(13-14-33)23-7-6-8-24(34)18-23)39-40-28(20-37-30(27)40)22-9-12-26(21(3)17-22)31(41)38-25-10-11-25/h4,6-9,12,17-20,25,36H,1,5,10-11,13-16H2,2-3H3,(H,38,41). The lowest BCUT2D eigenvalue weighted by atomic mass is 9.92. The van der Waals surface area contributed by atoms with Gasteiger partial charge in [0.05, 0.1) is 23.3 Å². The van der Waals surface area contributed by atoms with E-state index in [4.69, 9.17) is 10.1 Å². The predicted molar refractivity (Wildman–Crippen MR) is 157 cm³/mol. The Morgan fingerprint density at radius 3 is 2.68 bits per heavy atom. The first-order valence-corrected chi connectivity index (χ1v) is 14.4. The normalized spacial score (nSPS) is 17.2. The van der Waals surface area contributed by atoms with Crippen LogP contribution in [0.1, 0.15) is 72.6 Å². The number of aromatic nitrogens is 3. The van der Waals surface area contributed by atoms with E-state index < -0.39 is 11.1 Å². The van der Waals surface area contributed by atoms with Gasteiger partial charge in [-0.3, -0.25) is 4.79 Å². The van der Waals surface area contributed by atoms with Gasteiger partial charge in [0.15, 0.2) is 5.65 Å². The van der Waals surface area contributed by atoms with Crippen molar-refractivity contribution in [3.8, 4) is 11.3 Å². The van der Waals surface area contributed by atoms with Gasteiger partial charge in [-0.05, 0) is 80.5 Å². The number of hydrogen-bond acceptors (Lipinski definition) is 4. The summed E-state index contributed by atoms with van der Waals surface area (Å²) < 4.78 is 31.0. The minimum absolute atomic E-state index is 0.0529. The maximum atomic E-state index is 15.0. The molecule has 4 aromatic rings. The molecule has 1 unspecified atom stereocenters. The van der Waals surface area contributed by atoms with Gasteiger partial charge in [0.25, 0.3) is 5.91 Å². The molecule has 2 heterocycles. The maximum Gasteiger partial charge on any atom is 0.251 e. The second-order valence-electron chi connectivity index (χ2n) is 11.5. The third-order valence-electron chi connectivity index (χ3n) is 8.57. The SMILES string of the molecule is C=CC(F)(CC)CCNc1cc(C2(c3cccc(F)c3)CC2)nn2c(-c3ccc(C(=O)NC4CC4)c(C)c3)cnc12. The van der Waals surface area contributed by atoms with Crippen LogP contribution in [0.25, 0.3) is 16.9 Å². The van der Waals surface area contributed by atoms with Crippen molar-refractivity contribution in [3.63, 3.8) is 0 Å². The number of imidazole rings is 1. The molecule has 212 valence electrons. The van der Waals surface area contributed by atoms with Crippen LogP contribution < -0.4 is 10.6 Å². The molecule has 0 saturated heterocycles. The minimum Gasteiger partial charge on any atom is -0.382 e. The average molecular weight is 556 g/mol. The number of anilines is 1. The Balaban J connectivity index is 1.40. The first kappa shape index (κ1) is 27.1. The van der Waals surface area contributed by atoms with Crippen LogP contribution in [0.2, 0.25) is 0 Å². The third-order valence-corrected chi connectivity index (χ3v) is 8.57. The van der Waals surface area contributed by atoms with Crippen LogP contribution in [0.5, 0.6) is 0 Å². The number of carbonyl (C=O) groups is 1. The highest BCUT2D eigenvalue weighted by atomic mass is 19.1. The van der Waals surface area contributed by atoms with E-state index in [-0.39, 0.29) is 24.2 Å². The van der Waals surface area contributed by atoms with Crippen LogP contribution in [0, 0.1) is 12.7 Å². The molecule has 0 spiro atoms. The van der Waals surface area contributed by atoms with Crippen molar-refractivity contribution in [2.75, 3.05) is 11.9 Å². The zero-order valence-electron chi connectivity index (χ0n) is 23.5. The average Bonchev–Trinajstić information content (AvgIpc) is 3.90. The van der Waals surface area contributed by atoms with Gasteiger partial charge in [0.1, 0.15) is 11.5 Å². The molecule has 8 heteroatoms. The Morgan fingerprint density at radius 2 is 2.02 bits per heavy atom. The number of nitrogens with one attached hydrogen (secondary N) is 2. The predicted octanol–water partition coefficient (Wildman–Crippen LogP) is 6.92. The molecule has 0 aliphatic heterocycles. The fourth-order valence-electron chi connectivity index (χ4n) is 5.53. The van der Waals surface area contributed by atoms with E-state index in [9.17, 15) is 13.6 Å². The van der Waals surface area contributed by atoms with E-state index in [0.29, 0.717) is 24.2 Å². The van der Waals surface area contributed by atoms with Gasteiger partial charge in [-0.25, -0.2) is 18.3 Å². The van der Waals surface area contributed by atoms with Crippen molar-refractivity contribution < 1.29 is 13.6 Å². The fourth-order valence-corrected chi connectivity index (χ4v) is 5.53. The summed E-state index contributed by atoms with van der Waals surface area (Å²) in [6.45, 7) is 7.79. The third kappa shape index (κ3) is 5.23. The number of fused-ring (bicyclic) bond motifs is 1. The molecule has 2 aliphatic rings.